The fourth-order valence-corrected chi connectivity index (χ4v) is 2.94. The second-order valence-electron chi connectivity index (χ2n) is 5.87. The lowest BCUT2D eigenvalue weighted by atomic mass is 9.96. The largest absolute Gasteiger partial charge is 0.340 e. The number of nitrogens with zero attached hydrogens (tertiary/aromatic N) is 2. The Morgan fingerprint density at radius 3 is 2.87 bits per heavy atom. The van der Waals surface area contributed by atoms with Crippen LogP contribution < -0.4 is 15.8 Å². The van der Waals surface area contributed by atoms with Crippen molar-refractivity contribution in [2.45, 2.75) is 32.9 Å². The zero-order valence-electron chi connectivity index (χ0n) is 13.2. The predicted molar refractivity (Wildman–Crippen MR) is 89.4 cm³/mol. The first-order valence-corrected chi connectivity index (χ1v) is 7.80. The van der Waals surface area contributed by atoms with E-state index in [1.54, 1.807) is 0 Å². The summed E-state index contributed by atoms with van der Waals surface area (Å²) in [7, 11) is 0. The van der Waals surface area contributed by atoms with Crippen LogP contribution in [0.15, 0.2) is 41.5 Å². The van der Waals surface area contributed by atoms with Gasteiger partial charge in [-0.15, -0.1) is 0 Å². The average molecular weight is 312 g/mol. The molecule has 23 heavy (non-hydrogen) atoms. The Morgan fingerprint density at radius 2 is 2.13 bits per heavy atom. The van der Waals surface area contributed by atoms with Gasteiger partial charge in [0.15, 0.2) is 0 Å². The average Bonchev–Trinajstić information content (AvgIpc) is 2.70. The highest BCUT2D eigenvalue weighted by Crippen LogP contribution is 2.29. The van der Waals surface area contributed by atoms with Gasteiger partial charge in [-0.3, -0.25) is 9.59 Å². The Labute approximate surface area is 134 Å². The molecule has 1 aromatic heterocycles. The lowest BCUT2D eigenvalue weighted by Crippen LogP contribution is -2.46. The Morgan fingerprint density at radius 1 is 1.35 bits per heavy atom. The van der Waals surface area contributed by atoms with Gasteiger partial charge in [0.2, 0.25) is 5.91 Å². The molecule has 1 aliphatic heterocycles. The van der Waals surface area contributed by atoms with E-state index in [9.17, 15) is 9.59 Å². The summed E-state index contributed by atoms with van der Waals surface area (Å²) in [6.45, 7) is 4.63. The van der Waals surface area contributed by atoms with Gasteiger partial charge in [-0.05, 0) is 17.5 Å². The summed E-state index contributed by atoms with van der Waals surface area (Å²) in [5, 5.41) is 3.01. The minimum atomic E-state index is -0.373. The number of rotatable bonds is 3. The Bertz CT molecular complexity index is 771. The highest BCUT2D eigenvalue weighted by Gasteiger charge is 2.34. The van der Waals surface area contributed by atoms with E-state index in [2.05, 4.69) is 22.2 Å². The van der Waals surface area contributed by atoms with Crippen LogP contribution in [0.2, 0.25) is 0 Å². The number of benzene rings is 1. The zero-order valence-corrected chi connectivity index (χ0v) is 13.2. The topological polar surface area (TPSA) is 78.1 Å². The lowest BCUT2D eigenvalue weighted by Gasteiger charge is -2.33. The molecule has 0 saturated carbocycles. The van der Waals surface area contributed by atoms with Crippen molar-refractivity contribution in [1.82, 2.24) is 9.97 Å². The molecule has 6 nitrogen and oxygen atoms in total. The highest BCUT2D eigenvalue weighted by molar-refractivity contribution is 5.98. The van der Waals surface area contributed by atoms with Gasteiger partial charge in [0.05, 0.1) is 6.33 Å². The number of aromatic amines is 1. The molecule has 1 unspecified atom stereocenters. The number of para-hydroxylation sites is 1. The number of amides is 1. The molecule has 0 radical (unpaired) electrons. The molecule has 1 aromatic carbocycles. The summed E-state index contributed by atoms with van der Waals surface area (Å²) in [5.74, 6) is 0.586. The minimum Gasteiger partial charge on any atom is -0.340 e. The quantitative estimate of drug-likeness (QED) is 0.910. The molecular formula is C17H20N4O2. The second-order valence-corrected chi connectivity index (χ2v) is 5.87. The first-order valence-electron chi connectivity index (χ1n) is 7.80. The molecule has 6 heteroatoms. The maximum atomic E-state index is 12.8. The number of carbonyl (C=O) groups is 1. The minimum absolute atomic E-state index is 0.0635. The van der Waals surface area contributed by atoms with Gasteiger partial charge in [0, 0.05) is 18.3 Å². The van der Waals surface area contributed by atoms with E-state index in [1.165, 1.54) is 12.4 Å². The SMILES string of the molecule is CCC(C)[C@H]1C(=O)Nc2ccccc2CN1c1cc(=O)[nH]cn1. The van der Waals surface area contributed by atoms with Gasteiger partial charge < -0.3 is 15.2 Å². The summed E-state index contributed by atoms with van der Waals surface area (Å²) in [4.78, 5) is 33.2. The number of carbonyl (C=O) groups excluding carboxylic acids is 1. The molecule has 0 spiro atoms. The van der Waals surface area contributed by atoms with Crippen LogP contribution in [0.5, 0.6) is 0 Å². The van der Waals surface area contributed by atoms with Crippen LogP contribution in [0.4, 0.5) is 11.5 Å². The monoisotopic (exact) mass is 312 g/mol. The zero-order chi connectivity index (χ0) is 16.4. The molecule has 2 N–H and O–H groups in total. The van der Waals surface area contributed by atoms with E-state index < -0.39 is 0 Å². The van der Waals surface area contributed by atoms with E-state index >= 15 is 0 Å². The molecule has 2 heterocycles. The standard InChI is InChI=1S/C17H20N4O2/c1-3-11(2)16-17(23)20-13-7-5-4-6-12(13)9-21(16)14-8-15(22)19-10-18-14/h4-8,10-11,16H,3,9H2,1-2H3,(H,20,23)(H,18,19,22)/t11?,16-/m0/s1. The molecular weight excluding hydrogens is 292 g/mol. The number of nitrogens with one attached hydrogen (secondary N) is 2. The van der Waals surface area contributed by atoms with Crippen molar-refractivity contribution in [1.29, 1.82) is 0 Å². The fraction of sp³-hybridized carbons (Fsp3) is 0.353. The Hall–Kier alpha value is -2.63. The van der Waals surface area contributed by atoms with E-state index in [1.807, 2.05) is 36.1 Å². The van der Waals surface area contributed by atoms with Crippen molar-refractivity contribution in [3.63, 3.8) is 0 Å². The molecule has 3 rings (SSSR count). The Balaban J connectivity index is 2.10. The molecule has 0 bridgehead atoms. The van der Waals surface area contributed by atoms with Gasteiger partial charge in [0.25, 0.3) is 5.56 Å². The van der Waals surface area contributed by atoms with Crippen LogP contribution in [0, 0.1) is 5.92 Å². The molecule has 120 valence electrons. The van der Waals surface area contributed by atoms with Gasteiger partial charge in [-0.1, -0.05) is 38.5 Å². The first-order chi connectivity index (χ1) is 11.1. The number of hydrogen-bond acceptors (Lipinski definition) is 4. The molecule has 2 aromatic rings. The second kappa shape index (κ2) is 6.24. The van der Waals surface area contributed by atoms with Gasteiger partial charge >= 0.3 is 0 Å². The van der Waals surface area contributed by atoms with Crippen molar-refractivity contribution in [2.24, 2.45) is 5.92 Å². The van der Waals surface area contributed by atoms with Crippen LogP contribution in [0.1, 0.15) is 25.8 Å². The van der Waals surface area contributed by atoms with Crippen LogP contribution >= 0.6 is 0 Å². The number of anilines is 2. The predicted octanol–water partition coefficient (Wildman–Crippen LogP) is 2.14. The normalized spacial score (nSPS) is 18.8. The third-order valence-electron chi connectivity index (χ3n) is 4.36. The molecule has 1 aliphatic rings. The van der Waals surface area contributed by atoms with Crippen LogP contribution in [0.3, 0.4) is 0 Å². The summed E-state index contributed by atoms with van der Waals surface area (Å²) in [5.41, 5.74) is 1.60. The Kier molecular flexibility index (Phi) is 4.14. The summed E-state index contributed by atoms with van der Waals surface area (Å²) < 4.78 is 0. The summed E-state index contributed by atoms with van der Waals surface area (Å²) in [6, 6.07) is 8.79. The van der Waals surface area contributed by atoms with E-state index in [4.69, 9.17) is 0 Å². The van der Waals surface area contributed by atoms with Crippen LogP contribution in [-0.4, -0.2) is 21.9 Å². The van der Waals surface area contributed by atoms with E-state index in [-0.39, 0.29) is 23.4 Å². The maximum absolute atomic E-state index is 12.8. The first kappa shape index (κ1) is 15.3. The van der Waals surface area contributed by atoms with Crippen molar-refractivity contribution in [3.05, 3.63) is 52.6 Å². The highest BCUT2D eigenvalue weighted by atomic mass is 16.2. The van der Waals surface area contributed by atoms with Gasteiger partial charge in [-0.25, -0.2) is 4.98 Å². The lowest BCUT2D eigenvalue weighted by molar-refractivity contribution is -0.118. The van der Waals surface area contributed by atoms with Gasteiger partial charge in [0.1, 0.15) is 11.9 Å². The number of hydrogen-bond donors (Lipinski definition) is 2. The molecule has 0 saturated heterocycles. The van der Waals surface area contributed by atoms with Crippen molar-refractivity contribution >= 4 is 17.4 Å². The molecule has 1 amide bonds. The molecule has 0 aliphatic carbocycles. The smallest absolute Gasteiger partial charge is 0.252 e. The maximum Gasteiger partial charge on any atom is 0.252 e. The molecule has 0 fully saturated rings. The summed E-state index contributed by atoms with van der Waals surface area (Å²) in [6.07, 6.45) is 2.23. The van der Waals surface area contributed by atoms with Crippen molar-refractivity contribution in [3.8, 4) is 0 Å². The van der Waals surface area contributed by atoms with Crippen LogP contribution in [0.25, 0.3) is 0 Å². The van der Waals surface area contributed by atoms with Crippen molar-refractivity contribution in [2.75, 3.05) is 10.2 Å². The fourth-order valence-electron chi connectivity index (χ4n) is 2.94. The number of H-pyrrole nitrogens is 1. The number of fused-ring (bicyclic) bond motifs is 1. The number of aromatic nitrogens is 2. The molecule has 2 atom stereocenters. The third kappa shape index (κ3) is 2.97. The van der Waals surface area contributed by atoms with Crippen molar-refractivity contribution < 1.29 is 4.79 Å². The summed E-state index contributed by atoms with van der Waals surface area (Å²) >= 11 is 0. The third-order valence-corrected chi connectivity index (χ3v) is 4.36. The van der Waals surface area contributed by atoms with Gasteiger partial charge in [-0.2, -0.15) is 0 Å². The van der Waals surface area contributed by atoms with E-state index in [0.29, 0.717) is 12.4 Å². The van der Waals surface area contributed by atoms with E-state index in [0.717, 1.165) is 17.7 Å². The van der Waals surface area contributed by atoms with Crippen LogP contribution in [-0.2, 0) is 11.3 Å².